The van der Waals surface area contributed by atoms with Gasteiger partial charge in [-0.2, -0.15) is 0 Å². The van der Waals surface area contributed by atoms with E-state index in [1.54, 1.807) is 0 Å². The Kier molecular flexibility index (Phi) is 9.02. The Morgan fingerprint density at radius 2 is 1.51 bits per heavy atom. The molecular formula is C36H52N4O3. The van der Waals surface area contributed by atoms with Gasteiger partial charge in [0.25, 0.3) is 0 Å². The third-order valence-corrected chi connectivity index (χ3v) is 10.8. The van der Waals surface area contributed by atoms with Gasteiger partial charge in [0.15, 0.2) is 0 Å². The van der Waals surface area contributed by atoms with Gasteiger partial charge in [0.05, 0.1) is 13.2 Å². The molecule has 43 heavy (non-hydrogen) atoms. The molecule has 2 amide bonds. The number of nitrogens with one attached hydrogen (secondary N) is 1. The SMILES string of the molecule is Cc1cc(C)cc(-c2[nH]cc(CCC(C)(C)C(=O)N3C4CCC3CC4)c2CCN2CCC(C(=O)N3CCOCC3)CC2)c1. The summed E-state index contributed by atoms with van der Waals surface area (Å²) in [6.45, 7) is 14.4. The van der Waals surface area contributed by atoms with Gasteiger partial charge in [-0.05, 0) is 114 Å². The number of amides is 2. The Bertz CT molecular complexity index is 1260. The first-order chi connectivity index (χ1) is 20.7. The number of aromatic amines is 1. The van der Waals surface area contributed by atoms with E-state index in [4.69, 9.17) is 4.74 Å². The van der Waals surface area contributed by atoms with Crippen LogP contribution in [0, 0.1) is 25.2 Å². The topological polar surface area (TPSA) is 68.9 Å². The number of benzene rings is 1. The molecule has 4 fully saturated rings. The number of piperidine rings is 1. The number of ether oxygens (including phenoxy) is 1. The predicted molar refractivity (Wildman–Crippen MR) is 171 cm³/mol. The first-order valence-corrected chi connectivity index (χ1v) is 16.9. The Labute approximate surface area is 258 Å². The number of nitrogens with zero attached hydrogens (tertiary/aromatic N) is 3. The molecular weight excluding hydrogens is 536 g/mol. The molecule has 0 atom stereocenters. The number of morpholine rings is 1. The average Bonchev–Trinajstić information content (AvgIpc) is 3.73. The molecule has 0 radical (unpaired) electrons. The lowest BCUT2D eigenvalue weighted by Gasteiger charge is -2.35. The Morgan fingerprint density at radius 1 is 0.884 bits per heavy atom. The molecule has 1 N–H and O–H groups in total. The van der Waals surface area contributed by atoms with Gasteiger partial charge in [-0.1, -0.05) is 31.0 Å². The van der Waals surface area contributed by atoms with Gasteiger partial charge >= 0.3 is 0 Å². The lowest BCUT2D eigenvalue weighted by Crippen LogP contribution is -2.47. The van der Waals surface area contributed by atoms with Gasteiger partial charge in [0, 0.05) is 54.9 Å². The molecule has 7 heteroatoms. The summed E-state index contributed by atoms with van der Waals surface area (Å²) in [5.74, 6) is 0.833. The van der Waals surface area contributed by atoms with Crippen molar-refractivity contribution in [1.29, 1.82) is 0 Å². The first-order valence-electron chi connectivity index (χ1n) is 16.9. The summed E-state index contributed by atoms with van der Waals surface area (Å²) in [4.78, 5) is 37.2. The molecule has 0 unspecified atom stereocenters. The van der Waals surface area contributed by atoms with Crippen LogP contribution in [0.2, 0.25) is 0 Å². The van der Waals surface area contributed by atoms with E-state index in [-0.39, 0.29) is 11.3 Å². The number of aromatic nitrogens is 1. The number of rotatable bonds is 9. The van der Waals surface area contributed by atoms with E-state index < -0.39 is 0 Å². The van der Waals surface area contributed by atoms with Crippen molar-refractivity contribution in [3.05, 3.63) is 46.6 Å². The first kappa shape index (κ1) is 30.4. The Hall–Kier alpha value is -2.64. The minimum Gasteiger partial charge on any atom is -0.378 e. The number of aryl methyl sites for hydroxylation is 3. The quantitative estimate of drug-likeness (QED) is 0.419. The fraction of sp³-hybridized carbons (Fsp3) is 0.667. The van der Waals surface area contributed by atoms with Crippen LogP contribution in [0.25, 0.3) is 11.3 Å². The summed E-state index contributed by atoms with van der Waals surface area (Å²) in [6.07, 6.45) is 11.5. The number of hydrogen-bond acceptors (Lipinski definition) is 4. The highest BCUT2D eigenvalue weighted by Crippen LogP contribution is 2.41. The van der Waals surface area contributed by atoms with E-state index >= 15 is 0 Å². The zero-order valence-electron chi connectivity index (χ0n) is 26.9. The van der Waals surface area contributed by atoms with E-state index in [0.29, 0.717) is 37.1 Å². The molecule has 4 aliphatic rings. The molecule has 0 aliphatic carbocycles. The highest BCUT2D eigenvalue weighted by Gasteiger charge is 2.46. The van der Waals surface area contributed by atoms with Crippen molar-refractivity contribution in [2.75, 3.05) is 45.9 Å². The molecule has 2 aromatic rings. The number of fused-ring (bicyclic) bond motifs is 2. The van der Waals surface area contributed by atoms with Gasteiger partial charge in [0.1, 0.15) is 0 Å². The number of likely N-dealkylation sites (tertiary alicyclic amines) is 1. The van der Waals surface area contributed by atoms with Crippen LogP contribution in [0.3, 0.4) is 0 Å². The number of H-pyrrole nitrogens is 1. The third-order valence-electron chi connectivity index (χ3n) is 10.8. The molecule has 5 heterocycles. The average molecular weight is 589 g/mol. The minimum atomic E-state index is -0.366. The molecule has 6 rings (SSSR count). The minimum absolute atomic E-state index is 0.147. The van der Waals surface area contributed by atoms with Crippen molar-refractivity contribution in [2.24, 2.45) is 11.3 Å². The fourth-order valence-electron chi connectivity index (χ4n) is 8.24. The van der Waals surface area contributed by atoms with Crippen LogP contribution in [0.1, 0.15) is 81.0 Å². The maximum absolute atomic E-state index is 13.7. The lowest BCUT2D eigenvalue weighted by molar-refractivity contribution is -0.142. The van der Waals surface area contributed by atoms with Crippen LogP contribution in [0.15, 0.2) is 24.4 Å². The molecule has 2 bridgehead atoms. The second-order valence-corrected chi connectivity index (χ2v) is 14.4. The van der Waals surface area contributed by atoms with E-state index in [0.717, 1.165) is 64.8 Å². The van der Waals surface area contributed by atoms with Crippen LogP contribution in [0.5, 0.6) is 0 Å². The van der Waals surface area contributed by atoms with Gasteiger partial charge in [0.2, 0.25) is 11.8 Å². The maximum Gasteiger partial charge on any atom is 0.228 e. The zero-order valence-corrected chi connectivity index (χ0v) is 26.9. The van der Waals surface area contributed by atoms with E-state index in [1.165, 1.54) is 59.2 Å². The Morgan fingerprint density at radius 3 is 2.14 bits per heavy atom. The van der Waals surface area contributed by atoms with Gasteiger partial charge in [-0.25, -0.2) is 0 Å². The van der Waals surface area contributed by atoms with Crippen molar-refractivity contribution < 1.29 is 14.3 Å². The van der Waals surface area contributed by atoms with Gasteiger partial charge < -0.3 is 24.4 Å². The van der Waals surface area contributed by atoms with Crippen LogP contribution in [-0.2, 0) is 27.2 Å². The van der Waals surface area contributed by atoms with Gasteiger partial charge in [-0.3, -0.25) is 9.59 Å². The van der Waals surface area contributed by atoms with Crippen LogP contribution in [0.4, 0.5) is 0 Å². The molecule has 7 nitrogen and oxygen atoms in total. The third kappa shape index (κ3) is 6.58. The molecule has 0 saturated carbocycles. The summed E-state index contributed by atoms with van der Waals surface area (Å²) in [6, 6.07) is 7.75. The van der Waals surface area contributed by atoms with Crippen molar-refractivity contribution in [2.45, 2.75) is 97.6 Å². The van der Waals surface area contributed by atoms with Crippen LogP contribution in [-0.4, -0.2) is 89.5 Å². The highest BCUT2D eigenvalue weighted by atomic mass is 16.5. The summed E-state index contributed by atoms with van der Waals surface area (Å²) in [7, 11) is 0. The van der Waals surface area contributed by atoms with Crippen molar-refractivity contribution in [1.82, 2.24) is 19.7 Å². The smallest absolute Gasteiger partial charge is 0.228 e. The monoisotopic (exact) mass is 588 g/mol. The molecule has 4 saturated heterocycles. The number of carbonyl (C=O) groups excluding carboxylic acids is 2. The molecule has 4 aliphatic heterocycles. The Balaban J connectivity index is 1.13. The number of carbonyl (C=O) groups is 2. The summed E-state index contributed by atoms with van der Waals surface area (Å²) in [5.41, 5.74) is 7.39. The molecule has 0 spiro atoms. The second-order valence-electron chi connectivity index (χ2n) is 14.4. The lowest BCUT2D eigenvalue weighted by atomic mass is 9.83. The number of hydrogen-bond donors (Lipinski definition) is 1. The van der Waals surface area contributed by atoms with E-state index in [2.05, 4.69) is 66.9 Å². The molecule has 1 aromatic heterocycles. The van der Waals surface area contributed by atoms with Crippen molar-refractivity contribution >= 4 is 11.8 Å². The second kappa shape index (κ2) is 12.8. The van der Waals surface area contributed by atoms with Crippen molar-refractivity contribution in [3.63, 3.8) is 0 Å². The largest absolute Gasteiger partial charge is 0.378 e. The standard InChI is InChI=1S/C36H52N4O3/c1-25-21-26(2)23-29(22-25)33-32(12-16-38-14-10-27(11-15-38)34(41)39-17-19-43-20-18-39)28(24-37-33)9-13-36(3,4)35(42)40-30-5-6-31(40)8-7-30/h21-24,27,30-31,37H,5-20H2,1-4H3. The predicted octanol–water partition coefficient (Wildman–Crippen LogP) is 5.52. The van der Waals surface area contributed by atoms with Crippen LogP contribution < -0.4 is 0 Å². The summed E-state index contributed by atoms with van der Waals surface area (Å²) in [5, 5.41) is 0. The molecule has 234 valence electrons. The van der Waals surface area contributed by atoms with Gasteiger partial charge in [-0.15, -0.1) is 0 Å². The summed E-state index contributed by atoms with van der Waals surface area (Å²) < 4.78 is 5.44. The maximum atomic E-state index is 13.7. The normalized spacial score (nSPS) is 23.3. The summed E-state index contributed by atoms with van der Waals surface area (Å²) >= 11 is 0. The van der Waals surface area contributed by atoms with E-state index in [1.807, 2.05) is 4.90 Å². The fourth-order valence-corrected chi connectivity index (χ4v) is 8.24. The van der Waals surface area contributed by atoms with Crippen LogP contribution >= 0.6 is 0 Å². The van der Waals surface area contributed by atoms with Crippen molar-refractivity contribution in [3.8, 4) is 11.3 Å². The zero-order chi connectivity index (χ0) is 30.1. The highest BCUT2D eigenvalue weighted by molar-refractivity contribution is 5.83. The van der Waals surface area contributed by atoms with E-state index in [9.17, 15) is 9.59 Å². The molecule has 1 aromatic carbocycles.